The number of nitrogens with zero attached hydrogens (tertiary/aromatic N) is 2. The van der Waals surface area contributed by atoms with Gasteiger partial charge in [0, 0.05) is 25.3 Å². The fourth-order valence-electron chi connectivity index (χ4n) is 4.21. The van der Waals surface area contributed by atoms with Crippen LogP contribution in [0.15, 0.2) is 66.7 Å². The SMILES string of the molecule is CCC(C)CCN(C(=O)CNC(=O)Nc1cccc(CC(=O)O)c1)c1ccccc1OCC(=O)N(C)c1cc(F)ccc1F. The lowest BCUT2D eigenvalue weighted by Crippen LogP contribution is -2.42. The molecule has 1 unspecified atom stereocenters. The molecule has 0 aliphatic rings. The lowest BCUT2D eigenvalue weighted by atomic mass is 10.0. The molecule has 3 aromatic carbocycles. The van der Waals surface area contributed by atoms with Crippen LogP contribution >= 0.6 is 0 Å². The van der Waals surface area contributed by atoms with Crippen molar-refractivity contribution >= 4 is 40.9 Å². The first-order valence-electron chi connectivity index (χ1n) is 14.1. The van der Waals surface area contributed by atoms with E-state index in [1.54, 1.807) is 42.5 Å². The van der Waals surface area contributed by atoms with Crippen molar-refractivity contribution in [1.29, 1.82) is 0 Å². The molecule has 3 N–H and O–H groups in total. The first-order chi connectivity index (χ1) is 21.0. The Morgan fingerprint density at radius 1 is 0.955 bits per heavy atom. The summed E-state index contributed by atoms with van der Waals surface area (Å²) in [6.07, 6.45) is 1.34. The van der Waals surface area contributed by atoms with Crippen molar-refractivity contribution in [1.82, 2.24) is 5.32 Å². The molecule has 0 fully saturated rings. The van der Waals surface area contributed by atoms with Crippen molar-refractivity contribution in [2.24, 2.45) is 5.92 Å². The highest BCUT2D eigenvalue weighted by Crippen LogP contribution is 2.29. The molecule has 12 heteroatoms. The van der Waals surface area contributed by atoms with Crippen molar-refractivity contribution in [3.63, 3.8) is 0 Å². The normalized spacial score (nSPS) is 11.3. The highest BCUT2D eigenvalue weighted by atomic mass is 19.1. The van der Waals surface area contributed by atoms with E-state index < -0.39 is 42.1 Å². The maximum Gasteiger partial charge on any atom is 0.319 e. The van der Waals surface area contributed by atoms with E-state index in [-0.39, 0.29) is 24.4 Å². The van der Waals surface area contributed by atoms with E-state index in [1.807, 2.05) is 6.92 Å². The largest absolute Gasteiger partial charge is 0.482 e. The highest BCUT2D eigenvalue weighted by molar-refractivity contribution is 5.99. The third-order valence-corrected chi connectivity index (χ3v) is 6.93. The predicted octanol–water partition coefficient (Wildman–Crippen LogP) is 5.22. The topological polar surface area (TPSA) is 128 Å². The van der Waals surface area contributed by atoms with E-state index in [9.17, 15) is 28.0 Å². The van der Waals surface area contributed by atoms with Gasteiger partial charge in [-0.3, -0.25) is 14.4 Å². The van der Waals surface area contributed by atoms with E-state index in [4.69, 9.17) is 9.84 Å². The van der Waals surface area contributed by atoms with E-state index in [0.717, 1.165) is 29.5 Å². The van der Waals surface area contributed by atoms with Gasteiger partial charge in [-0.05, 0) is 54.3 Å². The van der Waals surface area contributed by atoms with Gasteiger partial charge >= 0.3 is 12.0 Å². The maximum absolute atomic E-state index is 14.2. The second kappa shape index (κ2) is 16.0. The van der Waals surface area contributed by atoms with Gasteiger partial charge in [0.1, 0.15) is 17.4 Å². The lowest BCUT2D eigenvalue weighted by molar-refractivity contribution is -0.136. The number of likely N-dealkylation sites (N-methyl/N-ethyl adjacent to an activating group) is 1. The van der Waals surface area contributed by atoms with Gasteiger partial charge in [0.2, 0.25) is 5.91 Å². The van der Waals surface area contributed by atoms with Crippen molar-refractivity contribution in [3.05, 3.63) is 83.9 Å². The van der Waals surface area contributed by atoms with Crippen molar-refractivity contribution in [3.8, 4) is 5.75 Å². The number of urea groups is 1. The number of rotatable bonds is 14. The number of benzene rings is 3. The smallest absolute Gasteiger partial charge is 0.319 e. The lowest BCUT2D eigenvalue weighted by Gasteiger charge is -2.27. The number of hydrogen-bond acceptors (Lipinski definition) is 5. The number of aliphatic carboxylic acids is 1. The van der Waals surface area contributed by atoms with Crippen molar-refractivity contribution in [2.75, 3.05) is 41.9 Å². The summed E-state index contributed by atoms with van der Waals surface area (Å²) in [5.74, 6) is -3.05. The van der Waals surface area contributed by atoms with Crippen LogP contribution in [0.25, 0.3) is 0 Å². The molecule has 0 bridgehead atoms. The Morgan fingerprint density at radius 3 is 2.43 bits per heavy atom. The van der Waals surface area contributed by atoms with Crippen LogP contribution < -0.4 is 25.2 Å². The fourth-order valence-corrected chi connectivity index (χ4v) is 4.21. The summed E-state index contributed by atoms with van der Waals surface area (Å²) >= 11 is 0. The number of amides is 4. The average molecular weight is 611 g/mol. The summed E-state index contributed by atoms with van der Waals surface area (Å²) < 4.78 is 33.6. The Bertz CT molecular complexity index is 1480. The number of hydrogen-bond donors (Lipinski definition) is 3. The number of carboxylic acids is 1. The average Bonchev–Trinajstić information content (AvgIpc) is 2.99. The minimum Gasteiger partial charge on any atom is -0.482 e. The first-order valence-corrected chi connectivity index (χ1v) is 14.1. The molecule has 1 atom stereocenters. The number of carbonyl (C=O) groups excluding carboxylic acids is 3. The van der Waals surface area contributed by atoms with Crippen LogP contribution in [0.2, 0.25) is 0 Å². The molecule has 4 amide bonds. The van der Waals surface area contributed by atoms with E-state index in [0.29, 0.717) is 35.8 Å². The monoisotopic (exact) mass is 610 g/mol. The molecule has 0 aliphatic carbocycles. The third-order valence-electron chi connectivity index (χ3n) is 6.93. The van der Waals surface area contributed by atoms with Gasteiger partial charge in [0.15, 0.2) is 6.61 Å². The number of halogens is 2. The quantitative estimate of drug-likeness (QED) is 0.230. The van der Waals surface area contributed by atoms with Crippen LogP contribution in [0.4, 0.5) is 30.6 Å². The van der Waals surface area contributed by atoms with Crippen LogP contribution in [0, 0.1) is 17.6 Å². The Morgan fingerprint density at radius 2 is 1.70 bits per heavy atom. The zero-order valence-electron chi connectivity index (χ0n) is 24.8. The number of carbonyl (C=O) groups is 4. The molecular weight excluding hydrogens is 574 g/mol. The second-order valence-electron chi connectivity index (χ2n) is 10.2. The van der Waals surface area contributed by atoms with Crippen LogP contribution in [0.5, 0.6) is 5.75 Å². The number of para-hydroxylation sites is 2. The minimum atomic E-state index is -1.00. The van der Waals surface area contributed by atoms with Gasteiger partial charge in [0.05, 0.1) is 24.3 Å². The van der Waals surface area contributed by atoms with E-state index in [1.165, 1.54) is 18.0 Å². The van der Waals surface area contributed by atoms with Crippen LogP contribution in [0.1, 0.15) is 32.3 Å². The molecule has 3 aromatic rings. The molecular formula is C32H36F2N4O6. The fraction of sp³-hybridized carbons (Fsp3) is 0.312. The Kier molecular flexibility index (Phi) is 12.2. The predicted molar refractivity (Wildman–Crippen MR) is 163 cm³/mol. The van der Waals surface area contributed by atoms with Crippen molar-refractivity contribution < 1.29 is 37.8 Å². The zero-order chi connectivity index (χ0) is 32.2. The van der Waals surface area contributed by atoms with Gasteiger partial charge in [0.25, 0.3) is 5.91 Å². The molecule has 0 aliphatic heterocycles. The third kappa shape index (κ3) is 9.79. The van der Waals surface area contributed by atoms with Crippen LogP contribution in [0.3, 0.4) is 0 Å². The van der Waals surface area contributed by atoms with Gasteiger partial charge in [-0.25, -0.2) is 13.6 Å². The highest BCUT2D eigenvalue weighted by Gasteiger charge is 2.22. The molecule has 10 nitrogen and oxygen atoms in total. The maximum atomic E-state index is 14.2. The van der Waals surface area contributed by atoms with Crippen molar-refractivity contribution in [2.45, 2.75) is 33.1 Å². The van der Waals surface area contributed by atoms with E-state index in [2.05, 4.69) is 17.6 Å². The number of carboxylic acid groups (broad SMARTS) is 1. The molecule has 0 heterocycles. The molecule has 0 radical (unpaired) electrons. The van der Waals surface area contributed by atoms with Gasteiger partial charge < -0.3 is 30.3 Å². The standard InChI is InChI=1S/C32H36F2N4O6/c1-4-21(2)14-15-38(29(39)19-35-32(43)36-24-9-7-8-22(16-24)17-31(41)42)26-10-5-6-11-28(26)44-20-30(40)37(3)27-18-23(33)12-13-25(27)34/h5-13,16,18,21H,4,14-15,17,19-20H2,1-3H3,(H,41,42)(H2,35,36,43). The summed E-state index contributed by atoms with van der Waals surface area (Å²) in [5.41, 5.74) is 1.01. The molecule has 44 heavy (non-hydrogen) atoms. The van der Waals surface area contributed by atoms with Gasteiger partial charge in [-0.1, -0.05) is 44.5 Å². The van der Waals surface area contributed by atoms with Crippen LogP contribution in [-0.4, -0.2) is 55.7 Å². The molecule has 0 aromatic heterocycles. The Balaban J connectivity index is 1.71. The second-order valence-corrected chi connectivity index (χ2v) is 10.2. The summed E-state index contributed by atoms with van der Waals surface area (Å²) in [4.78, 5) is 52.2. The summed E-state index contributed by atoms with van der Waals surface area (Å²) in [5, 5.41) is 14.1. The summed E-state index contributed by atoms with van der Waals surface area (Å²) in [6.45, 7) is 3.51. The summed E-state index contributed by atoms with van der Waals surface area (Å²) in [6, 6.07) is 15.1. The molecule has 0 saturated heterocycles. The van der Waals surface area contributed by atoms with Crippen LogP contribution in [-0.2, 0) is 20.8 Å². The molecule has 0 saturated carbocycles. The minimum absolute atomic E-state index is 0.203. The molecule has 3 rings (SSSR count). The molecule has 234 valence electrons. The Labute approximate surface area is 254 Å². The number of ether oxygens (including phenoxy) is 1. The Hall–Kier alpha value is -5.00. The molecule has 0 spiro atoms. The first kappa shape index (κ1) is 33.5. The van der Waals surface area contributed by atoms with E-state index >= 15 is 0 Å². The zero-order valence-corrected chi connectivity index (χ0v) is 24.8. The van der Waals surface area contributed by atoms with Gasteiger partial charge in [-0.2, -0.15) is 0 Å². The number of nitrogens with one attached hydrogen (secondary N) is 2. The summed E-state index contributed by atoms with van der Waals surface area (Å²) in [7, 11) is 1.30. The number of anilines is 3. The van der Waals surface area contributed by atoms with Gasteiger partial charge in [-0.15, -0.1) is 0 Å².